The van der Waals surface area contributed by atoms with Crippen LogP contribution < -0.4 is 4.40 Å². The molecule has 3 aromatic rings. The van der Waals surface area contributed by atoms with E-state index in [9.17, 15) is 0 Å². The molecule has 0 atom stereocenters. The summed E-state index contributed by atoms with van der Waals surface area (Å²) in [6.45, 7) is 7.70. The van der Waals surface area contributed by atoms with E-state index in [1.807, 2.05) is 0 Å². The lowest BCUT2D eigenvalue weighted by Crippen LogP contribution is -2.18. The molecule has 0 spiro atoms. The highest BCUT2D eigenvalue weighted by Gasteiger charge is 2.28. The average molecular weight is 291 g/mol. The van der Waals surface area contributed by atoms with Crippen LogP contribution >= 0.6 is 11.6 Å². The zero-order chi connectivity index (χ0) is 14.3. The summed E-state index contributed by atoms with van der Waals surface area (Å²) in [5, 5.41) is 0. The Bertz CT molecular complexity index is 746. The van der Waals surface area contributed by atoms with E-state index in [4.69, 9.17) is 11.6 Å². The fraction of sp³-hybridized carbons (Fsp3) is 0.438. The Hall–Kier alpha value is -1.48. The number of nitrogens with zero attached hydrogens (tertiary/aromatic N) is 2. The fourth-order valence-electron chi connectivity index (χ4n) is 2.76. The van der Waals surface area contributed by atoms with Crippen LogP contribution in [0, 0.1) is 0 Å². The van der Waals surface area contributed by atoms with Crippen molar-refractivity contribution < 1.29 is 4.40 Å². The zero-order valence-electron chi connectivity index (χ0n) is 12.3. The number of H-pyrrole nitrogens is 1. The Morgan fingerprint density at radius 1 is 1.25 bits per heavy atom. The Morgan fingerprint density at radius 3 is 2.70 bits per heavy atom. The fourth-order valence-corrected chi connectivity index (χ4v) is 2.88. The second-order valence-electron chi connectivity index (χ2n) is 6.29. The number of halogens is 1. The van der Waals surface area contributed by atoms with Gasteiger partial charge in [-0.05, 0) is 18.6 Å². The van der Waals surface area contributed by atoms with Gasteiger partial charge in [0, 0.05) is 11.3 Å². The highest BCUT2D eigenvalue weighted by molar-refractivity contribution is 6.17. The van der Waals surface area contributed by atoms with Gasteiger partial charge in [-0.15, -0.1) is 11.6 Å². The first-order chi connectivity index (χ1) is 9.52. The highest BCUT2D eigenvalue weighted by atomic mass is 35.5. The minimum Gasteiger partial charge on any atom is -0.241 e. The Kier molecular flexibility index (Phi) is 3.25. The number of hydrogen-bond donors (Lipinski definition) is 1. The molecule has 0 unspecified atom stereocenters. The quantitative estimate of drug-likeness (QED) is 0.563. The number of rotatable bonds is 3. The van der Waals surface area contributed by atoms with E-state index < -0.39 is 0 Å². The van der Waals surface area contributed by atoms with Crippen LogP contribution in [0.1, 0.15) is 32.9 Å². The molecule has 1 N–H and O–H groups in total. The molecule has 0 aliphatic carbocycles. The van der Waals surface area contributed by atoms with Crippen molar-refractivity contribution in [3.63, 3.8) is 0 Å². The van der Waals surface area contributed by atoms with E-state index in [-0.39, 0.29) is 5.41 Å². The average Bonchev–Trinajstić information content (AvgIpc) is 2.91. The summed E-state index contributed by atoms with van der Waals surface area (Å²) in [6.07, 6.45) is 3.23. The molecule has 0 aliphatic heterocycles. The predicted molar refractivity (Wildman–Crippen MR) is 83.5 cm³/mol. The normalized spacial score (nSPS) is 12.6. The highest BCUT2D eigenvalue weighted by Crippen LogP contribution is 2.24. The molecule has 4 heteroatoms. The smallest absolute Gasteiger partial charge is 0.241 e. The van der Waals surface area contributed by atoms with Crippen molar-refractivity contribution in [2.75, 3.05) is 5.88 Å². The molecule has 2 aromatic heterocycles. The first kappa shape index (κ1) is 13.5. The van der Waals surface area contributed by atoms with Gasteiger partial charge in [-0.1, -0.05) is 32.9 Å². The van der Waals surface area contributed by atoms with Crippen LogP contribution in [-0.2, 0) is 12.0 Å². The number of alkyl halides is 1. The van der Waals surface area contributed by atoms with E-state index in [2.05, 4.69) is 65.2 Å². The summed E-state index contributed by atoms with van der Waals surface area (Å²) >= 11 is 5.88. The van der Waals surface area contributed by atoms with Crippen LogP contribution in [0.4, 0.5) is 0 Å². The van der Waals surface area contributed by atoms with Gasteiger partial charge in [0.1, 0.15) is 22.9 Å². The van der Waals surface area contributed by atoms with Crippen molar-refractivity contribution in [3.05, 3.63) is 36.2 Å². The second kappa shape index (κ2) is 4.81. The molecule has 3 nitrogen and oxygen atoms in total. The standard InChI is InChI=1S/C16H20ClN3/c1-16(2,3)14-11-20-13-8-5-4-7-12(13)18-15(20)19(14)10-6-9-17/h4-5,7-8,11H,6,9-10H2,1-3H3/p+1. The second-order valence-corrected chi connectivity index (χ2v) is 6.67. The molecule has 0 radical (unpaired) electrons. The molecule has 106 valence electrons. The Morgan fingerprint density at radius 2 is 2.00 bits per heavy atom. The molecule has 0 saturated heterocycles. The van der Waals surface area contributed by atoms with Gasteiger partial charge in [-0.3, -0.25) is 0 Å². The van der Waals surface area contributed by atoms with Gasteiger partial charge < -0.3 is 0 Å². The van der Waals surface area contributed by atoms with Crippen LogP contribution in [0.5, 0.6) is 0 Å². The summed E-state index contributed by atoms with van der Waals surface area (Å²) in [5.41, 5.74) is 3.83. The maximum absolute atomic E-state index is 5.88. The van der Waals surface area contributed by atoms with Gasteiger partial charge in [-0.25, -0.2) is 9.55 Å². The van der Waals surface area contributed by atoms with Crippen molar-refractivity contribution in [1.29, 1.82) is 0 Å². The van der Waals surface area contributed by atoms with Crippen molar-refractivity contribution >= 4 is 28.4 Å². The number of fused-ring (bicyclic) bond motifs is 3. The first-order valence-corrected chi connectivity index (χ1v) is 7.64. The van der Waals surface area contributed by atoms with Crippen LogP contribution in [0.2, 0.25) is 0 Å². The van der Waals surface area contributed by atoms with Crippen LogP contribution in [0.3, 0.4) is 0 Å². The van der Waals surface area contributed by atoms with Gasteiger partial charge in [-0.2, -0.15) is 4.40 Å². The number of aryl methyl sites for hydroxylation is 1. The number of para-hydroxylation sites is 2. The first-order valence-electron chi connectivity index (χ1n) is 7.10. The number of aromatic amines is 1. The largest absolute Gasteiger partial charge is 0.367 e. The maximum atomic E-state index is 5.88. The molecule has 0 aliphatic rings. The van der Waals surface area contributed by atoms with Gasteiger partial charge in [0.15, 0.2) is 0 Å². The third-order valence-corrected chi connectivity index (χ3v) is 3.99. The number of aromatic nitrogens is 3. The topological polar surface area (TPSA) is 24.8 Å². The summed E-state index contributed by atoms with van der Waals surface area (Å²) in [7, 11) is 0. The molecule has 0 saturated carbocycles. The number of hydrogen-bond acceptors (Lipinski definition) is 0. The number of nitrogens with one attached hydrogen (secondary N) is 1. The Balaban J connectivity index is 2.28. The third-order valence-electron chi connectivity index (χ3n) is 3.72. The number of imidazole rings is 2. The molecule has 0 fully saturated rings. The van der Waals surface area contributed by atoms with Gasteiger partial charge in [0.2, 0.25) is 0 Å². The van der Waals surface area contributed by atoms with E-state index in [0.29, 0.717) is 5.88 Å². The SMILES string of the molecule is CC(C)(C)c1c[n+]2c3ccccc3[nH]c2n1CCCCl. The molecule has 20 heavy (non-hydrogen) atoms. The molecule has 2 heterocycles. The van der Waals surface area contributed by atoms with Gasteiger partial charge in [0.05, 0.1) is 6.54 Å². The van der Waals surface area contributed by atoms with Crippen molar-refractivity contribution in [1.82, 2.24) is 9.55 Å². The van der Waals surface area contributed by atoms with Crippen molar-refractivity contribution in [2.24, 2.45) is 0 Å². The van der Waals surface area contributed by atoms with Crippen LogP contribution in [-0.4, -0.2) is 15.4 Å². The minimum atomic E-state index is 0.111. The zero-order valence-corrected chi connectivity index (χ0v) is 13.0. The molecular weight excluding hydrogens is 270 g/mol. The summed E-state index contributed by atoms with van der Waals surface area (Å²) in [6, 6.07) is 8.41. The van der Waals surface area contributed by atoms with E-state index in [0.717, 1.165) is 18.7 Å². The lowest BCUT2D eigenvalue weighted by molar-refractivity contribution is -0.480. The van der Waals surface area contributed by atoms with E-state index in [1.165, 1.54) is 16.7 Å². The summed E-state index contributed by atoms with van der Waals surface area (Å²) < 4.78 is 4.62. The molecule has 3 rings (SSSR count). The van der Waals surface area contributed by atoms with E-state index in [1.54, 1.807) is 0 Å². The molecule has 0 amide bonds. The van der Waals surface area contributed by atoms with Crippen LogP contribution in [0.25, 0.3) is 16.8 Å². The maximum Gasteiger partial charge on any atom is 0.367 e. The summed E-state index contributed by atoms with van der Waals surface area (Å²) in [5.74, 6) is 1.83. The van der Waals surface area contributed by atoms with E-state index >= 15 is 0 Å². The molecular formula is C16H21ClN3+. The lowest BCUT2D eigenvalue weighted by Gasteiger charge is -2.16. The number of benzene rings is 1. The van der Waals surface area contributed by atoms with Crippen molar-refractivity contribution in [2.45, 2.75) is 39.2 Å². The van der Waals surface area contributed by atoms with Gasteiger partial charge >= 0.3 is 5.78 Å². The summed E-state index contributed by atoms with van der Waals surface area (Å²) in [4.78, 5) is 3.53. The molecule has 1 aromatic carbocycles. The third kappa shape index (κ3) is 2.10. The predicted octanol–water partition coefficient (Wildman–Crippen LogP) is 3.63. The van der Waals surface area contributed by atoms with Crippen molar-refractivity contribution in [3.8, 4) is 0 Å². The minimum absolute atomic E-state index is 0.111. The lowest BCUT2D eigenvalue weighted by atomic mass is 9.92. The Labute approximate surface area is 124 Å². The molecule has 0 bridgehead atoms. The van der Waals surface area contributed by atoms with Gasteiger partial charge in [0.25, 0.3) is 0 Å². The van der Waals surface area contributed by atoms with Crippen LogP contribution in [0.15, 0.2) is 30.5 Å². The monoisotopic (exact) mass is 290 g/mol.